The van der Waals surface area contributed by atoms with E-state index in [1.165, 1.54) is 0 Å². The van der Waals surface area contributed by atoms with E-state index in [-0.39, 0.29) is 0 Å². The number of rotatable bonds is 4. The van der Waals surface area contributed by atoms with E-state index in [0.29, 0.717) is 5.92 Å². The summed E-state index contributed by atoms with van der Waals surface area (Å²) >= 11 is 1.67. The van der Waals surface area contributed by atoms with Crippen LogP contribution >= 0.6 is 11.8 Å². The first-order chi connectivity index (χ1) is 9.24. The average Bonchev–Trinajstić information content (AvgIpc) is 3.05. The SMILES string of the molecule is CC(C)CSc1nnc2ccc(-c3ccco3)nn12. The lowest BCUT2D eigenvalue weighted by molar-refractivity contribution is 0.577. The monoisotopic (exact) mass is 274 g/mol. The topological polar surface area (TPSA) is 56.2 Å². The fourth-order valence-corrected chi connectivity index (χ4v) is 2.49. The van der Waals surface area contributed by atoms with Crippen molar-refractivity contribution in [1.29, 1.82) is 0 Å². The van der Waals surface area contributed by atoms with Crippen molar-refractivity contribution in [3.63, 3.8) is 0 Å². The van der Waals surface area contributed by atoms with Crippen LogP contribution in [0.2, 0.25) is 0 Å². The molecule has 0 aromatic carbocycles. The molecule has 5 nitrogen and oxygen atoms in total. The van der Waals surface area contributed by atoms with Crippen LogP contribution in [0.1, 0.15) is 13.8 Å². The minimum absolute atomic E-state index is 0.602. The maximum absolute atomic E-state index is 5.36. The molecule has 0 unspecified atom stereocenters. The average molecular weight is 274 g/mol. The van der Waals surface area contributed by atoms with E-state index in [2.05, 4.69) is 29.1 Å². The molecular weight excluding hydrogens is 260 g/mol. The Hall–Kier alpha value is -1.82. The lowest BCUT2D eigenvalue weighted by atomic mass is 10.3. The fraction of sp³-hybridized carbons (Fsp3) is 0.308. The summed E-state index contributed by atoms with van der Waals surface area (Å²) in [6, 6.07) is 7.53. The molecule has 3 rings (SSSR count). The number of thioether (sulfide) groups is 1. The molecule has 0 saturated carbocycles. The van der Waals surface area contributed by atoms with Gasteiger partial charge in [0.2, 0.25) is 5.16 Å². The van der Waals surface area contributed by atoms with E-state index >= 15 is 0 Å². The third kappa shape index (κ3) is 2.49. The van der Waals surface area contributed by atoms with Crippen molar-refractivity contribution >= 4 is 17.4 Å². The molecule has 0 atom stereocenters. The molecule has 0 radical (unpaired) electrons. The summed E-state index contributed by atoms with van der Waals surface area (Å²) in [4.78, 5) is 0. The molecule has 19 heavy (non-hydrogen) atoms. The highest BCUT2D eigenvalue weighted by Crippen LogP contribution is 2.22. The van der Waals surface area contributed by atoms with Crippen molar-refractivity contribution in [3.8, 4) is 11.5 Å². The number of furan rings is 1. The standard InChI is InChI=1S/C13H14N4OS/c1-9(2)8-19-13-15-14-12-6-5-10(16-17(12)13)11-4-3-7-18-11/h3-7,9H,8H2,1-2H3. The highest BCUT2D eigenvalue weighted by molar-refractivity contribution is 7.99. The van der Waals surface area contributed by atoms with E-state index in [9.17, 15) is 0 Å². The molecular formula is C13H14N4OS. The predicted octanol–water partition coefficient (Wildman–Crippen LogP) is 3.13. The van der Waals surface area contributed by atoms with Gasteiger partial charge in [0.25, 0.3) is 0 Å². The molecule has 3 heterocycles. The molecule has 0 aliphatic heterocycles. The highest BCUT2D eigenvalue weighted by atomic mass is 32.2. The normalized spacial score (nSPS) is 11.5. The lowest BCUT2D eigenvalue weighted by Gasteiger charge is -2.03. The van der Waals surface area contributed by atoms with Crippen LogP contribution < -0.4 is 0 Å². The Labute approximate surface area is 115 Å². The van der Waals surface area contributed by atoms with Gasteiger partial charge in [0, 0.05) is 5.75 Å². The maximum Gasteiger partial charge on any atom is 0.212 e. The third-order valence-electron chi connectivity index (χ3n) is 2.55. The number of nitrogens with zero attached hydrogens (tertiary/aromatic N) is 4. The molecule has 0 spiro atoms. The van der Waals surface area contributed by atoms with Gasteiger partial charge in [-0.1, -0.05) is 25.6 Å². The van der Waals surface area contributed by atoms with Gasteiger partial charge in [0.05, 0.1) is 6.26 Å². The Bertz CT molecular complexity index is 675. The van der Waals surface area contributed by atoms with Crippen LogP contribution in [-0.2, 0) is 0 Å². The summed E-state index contributed by atoms with van der Waals surface area (Å²) in [6.07, 6.45) is 1.64. The van der Waals surface area contributed by atoms with Crippen molar-refractivity contribution in [2.24, 2.45) is 5.92 Å². The van der Waals surface area contributed by atoms with Crippen molar-refractivity contribution in [2.45, 2.75) is 19.0 Å². The number of hydrogen-bond acceptors (Lipinski definition) is 5. The first-order valence-corrected chi connectivity index (χ1v) is 7.12. The first-order valence-electron chi connectivity index (χ1n) is 6.13. The molecule has 0 fully saturated rings. The number of fused-ring (bicyclic) bond motifs is 1. The van der Waals surface area contributed by atoms with E-state index in [0.717, 1.165) is 28.0 Å². The fourth-order valence-electron chi connectivity index (χ4n) is 1.66. The molecule has 0 amide bonds. The Balaban J connectivity index is 1.98. The minimum atomic E-state index is 0.602. The van der Waals surface area contributed by atoms with Gasteiger partial charge < -0.3 is 4.42 Å². The second-order valence-electron chi connectivity index (χ2n) is 4.65. The number of aromatic nitrogens is 4. The van der Waals surface area contributed by atoms with Gasteiger partial charge in [0.1, 0.15) is 5.69 Å². The smallest absolute Gasteiger partial charge is 0.212 e. The third-order valence-corrected chi connectivity index (χ3v) is 3.90. The lowest BCUT2D eigenvalue weighted by Crippen LogP contribution is -1.98. The summed E-state index contributed by atoms with van der Waals surface area (Å²) in [5.41, 5.74) is 1.53. The van der Waals surface area contributed by atoms with Gasteiger partial charge in [-0.15, -0.1) is 10.2 Å². The molecule has 3 aromatic rings. The molecule has 6 heteroatoms. The second-order valence-corrected chi connectivity index (χ2v) is 5.64. The van der Waals surface area contributed by atoms with Crippen molar-refractivity contribution in [1.82, 2.24) is 19.8 Å². The molecule has 0 N–H and O–H groups in total. The minimum Gasteiger partial charge on any atom is -0.463 e. The zero-order valence-electron chi connectivity index (χ0n) is 10.8. The zero-order valence-corrected chi connectivity index (χ0v) is 11.6. The van der Waals surface area contributed by atoms with E-state index in [4.69, 9.17) is 4.42 Å². The Morgan fingerprint density at radius 2 is 2.16 bits per heavy atom. The van der Waals surface area contributed by atoms with Crippen molar-refractivity contribution < 1.29 is 4.42 Å². The molecule has 0 aliphatic carbocycles. The largest absolute Gasteiger partial charge is 0.463 e. The molecule has 3 aromatic heterocycles. The van der Waals surface area contributed by atoms with Gasteiger partial charge in [-0.2, -0.15) is 9.61 Å². The van der Waals surface area contributed by atoms with Gasteiger partial charge in [-0.25, -0.2) is 0 Å². The highest BCUT2D eigenvalue weighted by Gasteiger charge is 2.10. The van der Waals surface area contributed by atoms with E-state index < -0.39 is 0 Å². The molecule has 0 bridgehead atoms. The predicted molar refractivity (Wildman–Crippen MR) is 74.0 cm³/mol. The summed E-state index contributed by atoms with van der Waals surface area (Å²) in [7, 11) is 0. The van der Waals surface area contributed by atoms with Crippen molar-refractivity contribution in [2.75, 3.05) is 5.75 Å². The maximum atomic E-state index is 5.36. The van der Waals surface area contributed by atoms with E-state index in [1.54, 1.807) is 22.5 Å². The van der Waals surface area contributed by atoms with Gasteiger partial charge in [-0.3, -0.25) is 0 Å². The van der Waals surface area contributed by atoms with E-state index in [1.807, 2.05) is 24.3 Å². The van der Waals surface area contributed by atoms with Crippen LogP contribution in [0, 0.1) is 5.92 Å². The van der Waals surface area contributed by atoms with Crippen LogP contribution in [0.15, 0.2) is 40.1 Å². The molecule has 98 valence electrons. The van der Waals surface area contributed by atoms with Crippen LogP contribution in [0.4, 0.5) is 0 Å². The van der Waals surface area contributed by atoms with Gasteiger partial charge in [-0.05, 0) is 30.2 Å². The molecule has 0 aliphatic rings. The molecule has 0 saturated heterocycles. The summed E-state index contributed by atoms with van der Waals surface area (Å²) in [5, 5.41) is 13.6. The Morgan fingerprint density at radius 3 is 2.89 bits per heavy atom. The summed E-state index contributed by atoms with van der Waals surface area (Å²) in [5.74, 6) is 2.34. The van der Waals surface area contributed by atoms with Crippen LogP contribution in [0.25, 0.3) is 17.1 Å². The Kier molecular flexibility index (Phi) is 3.25. The van der Waals surface area contributed by atoms with Gasteiger partial charge >= 0.3 is 0 Å². The summed E-state index contributed by atoms with van der Waals surface area (Å²) < 4.78 is 7.13. The Morgan fingerprint density at radius 1 is 1.26 bits per heavy atom. The number of hydrogen-bond donors (Lipinski definition) is 0. The van der Waals surface area contributed by atoms with Crippen molar-refractivity contribution in [3.05, 3.63) is 30.5 Å². The quantitative estimate of drug-likeness (QED) is 0.684. The van der Waals surface area contributed by atoms with Crippen LogP contribution in [0.5, 0.6) is 0 Å². The second kappa shape index (κ2) is 5.05. The zero-order chi connectivity index (χ0) is 13.2. The van der Waals surface area contributed by atoms with Gasteiger partial charge in [0.15, 0.2) is 11.4 Å². The summed E-state index contributed by atoms with van der Waals surface area (Å²) in [6.45, 7) is 4.36. The van der Waals surface area contributed by atoms with Crippen LogP contribution in [-0.4, -0.2) is 25.6 Å². The van der Waals surface area contributed by atoms with Crippen LogP contribution in [0.3, 0.4) is 0 Å². The first kappa shape index (κ1) is 12.2.